The van der Waals surface area contributed by atoms with E-state index in [1.54, 1.807) is 13.2 Å². The van der Waals surface area contributed by atoms with E-state index in [0.29, 0.717) is 36.2 Å². The normalized spacial score (nSPS) is 16.8. The van der Waals surface area contributed by atoms with Crippen molar-refractivity contribution in [3.63, 3.8) is 0 Å². The van der Waals surface area contributed by atoms with Crippen LogP contribution in [0.2, 0.25) is 5.02 Å². The number of hydrogen-bond donors (Lipinski definition) is 0. The Labute approximate surface area is 239 Å². The predicted octanol–water partition coefficient (Wildman–Crippen LogP) is 4.39. The van der Waals surface area contributed by atoms with E-state index in [1.807, 2.05) is 23.1 Å². The molecule has 2 fully saturated rings. The lowest BCUT2D eigenvalue weighted by Gasteiger charge is -2.29. The van der Waals surface area contributed by atoms with E-state index >= 15 is 0 Å². The summed E-state index contributed by atoms with van der Waals surface area (Å²) in [6.07, 6.45) is 3.27. The monoisotopic (exact) mass is 573 g/mol. The van der Waals surface area contributed by atoms with Crippen LogP contribution < -0.4 is 14.4 Å². The molecule has 40 heavy (non-hydrogen) atoms. The number of fused-ring (bicyclic) bond motifs is 1. The van der Waals surface area contributed by atoms with Crippen molar-refractivity contribution in [3.8, 4) is 11.5 Å². The molecule has 0 aliphatic carbocycles. The molecular formula is C29H37ClFN5O4. The number of methoxy groups -OCH3 is 1. The first kappa shape index (κ1) is 28.8. The Morgan fingerprint density at radius 2 is 1.62 bits per heavy atom. The first-order chi connectivity index (χ1) is 19.6. The summed E-state index contributed by atoms with van der Waals surface area (Å²) in [6.45, 7) is 9.83. The second-order valence-electron chi connectivity index (χ2n) is 9.93. The van der Waals surface area contributed by atoms with Crippen molar-refractivity contribution in [2.75, 3.05) is 90.9 Å². The third-order valence-electron chi connectivity index (χ3n) is 7.31. The molecule has 5 rings (SSSR count). The Morgan fingerprint density at radius 1 is 0.925 bits per heavy atom. The van der Waals surface area contributed by atoms with Gasteiger partial charge in [0.2, 0.25) is 0 Å². The van der Waals surface area contributed by atoms with Gasteiger partial charge in [-0.25, -0.2) is 14.4 Å². The molecule has 0 unspecified atom stereocenters. The van der Waals surface area contributed by atoms with Gasteiger partial charge in [0.25, 0.3) is 0 Å². The summed E-state index contributed by atoms with van der Waals surface area (Å²) >= 11 is 6.02. The van der Waals surface area contributed by atoms with E-state index < -0.39 is 5.82 Å². The highest BCUT2D eigenvalue weighted by Crippen LogP contribution is 2.37. The molecule has 2 saturated heterocycles. The van der Waals surface area contributed by atoms with E-state index in [1.165, 1.54) is 12.4 Å². The van der Waals surface area contributed by atoms with Crippen molar-refractivity contribution in [3.05, 3.63) is 47.5 Å². The minimum absolute atomic E-state index is 0.0852. The van der Waals surface area contributed by atoms with Gasteiger partial charge in [-0.1, -0.05) is 11.6 Å². The molecule has 1 aromatic heterocycles. The predicted molar refractivity (Wildman–Crippen MR) is 154 cm³/mol. The summed E-state index contributed by atoms with van der Waals surface area (Å²) in [5.74, 6) is 1.44. The second kappa shape index (κ2) is 14.2. The SMILES string of the molecule is COc1cc2ncnc(N(CCCN3CCOCC3)c3ccc(Cl)c(F)c3)c2cc1OCCCN1CCOCC1. The van der Waals surface area contributed by atoms with E-state index in [4.69, 9.17) is 30.5 Å². The van der Waals surface area contributed by atoms with Crippen molar-refractivity contribution < 1.29 is 23.3 Å². The molecule has 2 aliphatic heterocycles. The molecule has 11 heteroatoms. The van der Waals surface area contributed by atoms with Crippen LogP contribution in [-0.4, -0.2) is 106 Å². The molecule has 3 aromatic rings. The number of benzene rings is 2. The van der Waals surface area contributed by atoms with Crippen LogP contribution in [0.1, 0.15) is 12.8 Å². The fourth-order valence-corrected chi connectivity index (χ4v) is 5.24. The Kier molecular flexibility index (Phi) is 10.2. The number of morpholine rings is 2. The van der Waals surface area contributed by atoms with E-state index in [9.17, 15) is 4.39 Å². The summed E-state index contributed by atoms with van der Waals surface area (Å²) < 4.78 is 37.4. The van der Waals surface area contributed by atoms with E-state index in [0.717, 1.165) is 89.4 Å². The Morgan fingerprint density at radius 3 is 2.30 bits per heavy atom. The molecule has 216 valence electrons. The fraction of sp³-hybridized carbons (Fsp3) is 0.517. The van der Waals surface area contributed by atoms with Gasteiger partial charge in [0.15, 0.2) is 11.5 Å². The fourth-order valence-electron chi connectivity index (χ4n) is 5.12. The molecule has 0 atom stereocenters. The van der Waals surface area contributed by atoms with Crippen LogP contribution in [0, 0.1) is 5.82 Å². The third-order valence-corrected chi connectivity index (χ3v) is 7.62. The van der Waals surface area contributed by atoms with Gasteiger partial charge in [-0.15, -0.1) is 0 Å². The lowest BCUT2D eigenvalue weighted by Crippen LogP contribution is -2.37. The molecule has 0 bridgehead atoms. The number of ether oxygens (including phenoxy) is 4. The zero-order valence-corrected chi connectivity index (χ0v) is 23.7. The number of halogens is 2. The summed E-state index contributed by atoms with van der Waals surface area (Å²) in [4.78, 5) is 16.0. The molecule has 2 aliphatic rings. The molecule has 2 aromatic carbocycles. The Balaban J connectivity index is 1.39. The van der Waals surface area contributed by atoms with Gasteiger partial charge in [-0.2, -0.15) is 0 Å². The maximum atomic E-state index is 14.6. The maximum Gasteiger partial charge on any atom is 0.162 e. The van der Waals surface area contributed by atoms with Gasteiger partial charge in [-0.05, 0) is 37.1 Å². The van der Waals surface area contributed by atoms with Crippen LogP contribution in [0.4, 0.5) is 15.9 Å². The molecule has 9 nitrogen and oxygen atoms in total. The second-order valence-corrected chi connectivity index (χ2v) is 10.3. The lowest BCUT2D eigenvalue weighted by molar-refractivity contribution is 0.0357. The van der Waals surface area contributed by atoms with Gasteiger partial charge >= 0.3 is 0 Å². The van der Waals surface area contributed by atoms with Crippen LogP contribution in [0.3, 0.4) is 0 Å². The van der Waals surface area contributed by atoms with Crippen molar-refractivity contribution in [1.29, 1.82) is 0 Å². The minimum atomic E-state index is -0.471. The minimum Gasteiger partial charge on any atom is -0.493 e. The van der Waals surface area contributed by atoms with Gasteiger partial charge in [0.05, 0.1) is 50.7 Å². The molecule has 3 heterocycles. The van der Waals surface area contributed by atoms with E-state index in [-0.39, 0.29) is 5.02 Å². The third kappa shape index (κ3) is 7.30. The first-order valence-corrected chi connectivity index (χ1v) is 14.3. The largest absolute Gasteiger partial charge is 0.493 e. The zero-order chi connectivity index (χ0) is 27.7. The van der Waals surface area contributed by atoms with Gasteiger partial charge < -0.3 is 23.8 Å². The Hall–Kier alpha value is -2.76. The standard InChI is InChI=1S/C29H37ClFN5O4/c1-37-27-20-26-23(19-28(27)40-13-3-7-35-11-16-39-17-12-35)29(33-21-32-26)36(22-4-5-24(30)25(31)18-22)8-2-6-34-9-14-38-15-10-34/h4-5,18-21H,2-3,6-17H2,1H3. The van der Waals surface area contributed by atoms with Gasteiger partial charge in [0, 0.05) is 63.0 Å². The molecule has 0 saturated carbocycles. The molecule has 0 radical (unpaired) electrons. The summed E-state index contributed by atoms with van der Waals surface area (Å²) in [5.41, 5.74) is 1.39. The molecule has 0 N–H and O–H groups in total. The molecule has 0 amide bonds. The molecular weight excluding hydrogens is 537 g/mol. The van der Waals surface area contributed by atoms with Crippen molar-refractivity contribution in [1.82, 2.24) is 19.8 Å². The number of rotatable bonds is 12. The highest BCUT2D eigenvalue weighted by atomic mass is 35.5. The average molecular weight is 574 g/mol. The number of nitrogens with zero attached hydrogens (tertiary/aromatic N) is 5. The summed E-state index contributed by atoms with van der Waals surface area (Å²) in [5, 5.41) is 0.885. The highest BCUT2D eigenvalue weighted by molar-refractivity contribution is 6.30. The van der Waals surface area contributed by atoms with Crippen LogP contribution in [0.25, 0.3) is 10.9 Å². The van der Waals surface area contributed by atoms with Crippen LogP contribution in [0.15, 0.2) is 36.7 Å². The van der Waals surface area contributed by atoms with Gasteiger partial charge in [-0.3, -0.25) is 9.80 Å². The topological polar surface area (TPSA) is 72.4 Å². The number of aromatic nitrogens is 2. The van der Waals surface area contributed by atoms with Crippen LogP contribution in [0.5, 0.6) is 11.5 Å². The summed E-state index contributed by atoms with van der Waals surface area (Å²) in [7, 11) is 1.62. The van der Waals surface area contributed by atoms with Crippen molar-refractivity contribution >= 4 is 34.0 Å². The van der Waals surface area contributed by atoms with Crippen LogP contribution >= 0.6 is 11.6 Å². The summed E-state index contributed by atoms with van der Waals surface area (Å²) in [6, 6.07) is 8.65. The van der Waals surface area contributed by atoms with Crippen LogP contribution in [-0.2, 0) is 9.47 Å². The lowest BCUT2D eigenvalue weighted by atomic mass is 10.1. The van der Waals surface area contributed by atoms with E-state index in [2.05, 4.69) is 19.8 Å². The Bertz CT molecular complexity index is 1260. The average Bonchev–Trinajstić information content (AvgIpc) is 2.99. The molecule has 0 spiro atoms. The zero-order valence-electron chi connectivity index (χ0n) is 23.0. The van der Waals surface area contributed by atoms with Crippen molar-refractivity contribution in [2.45, 2.75) is 12.8 Å². The quantitative estimate of drug-likeness (QED) is 0.293. The highest BCUT2D eigenvalue weighted by Gasteiger charge is 2.20. The number of anilines is 2. The number of hydrogen-bond acceptors (Lipinski definition) is 9. The van der Waals surface area contributed by atoms with Gasteiger partial charge in [0.1, 0.15) is 18.0 Å². The maximum absolute atomic E-state index is 14.6. The van der Waals surface area contributed by atoms with Crippen molar-refractivity contribution in [2.24, 2.45) is 0 Å². The first-order valence-electron chi connectivity index (χ1n) is 13.9. The smallest absolute Gasteiger partial charge is 0.162 e.